The average molecular weight is 879 g/mol. The number of unbranched alkanes of at least 4 members (excludes halogenated alkanes) is 1. The predicted octanol–water partition coefficient (Wildman–Crippen LogP) is 6.70. The smallest absolute Gasteiger partial charge is 0.264 e. The van der Waals surface area contributed by atoms with Crippen molar-refractivity contribution in [2.45, 2.75) is 101 Å². The maximum absolute atomic E-state index is 16.7. The maximum atomic E-state index is 16.7. The standard InChI is InChI=1S/C49H59FN4O8Si/c1-6-61-39-18-19-42-35(24-39)25-41(51-21-9-10-22-55)47(58)54(42)36-15-13-32(14-16-36)28-53-43-20-17-38(60-3)26-40(43)49(48(53)59)31(2)46(63(4,5)50)44(62-49)27-45(57)52-29-34-12-8-7-11-33(34)23-37(52)30-56/h7-8,11-20,24,26,31,37,41,44,46,51,55-56H,6,9-10,21-23,25,27-30H2,1-5H3/t31-,37-,41?,44+,46-,49+/m0/s1. The van der Waals surface area contributed by atoms with Crippen LogP contribution in [0.3, 0.4) is 0 Å². The van der Waals surface area contributed by atoms with E-state index >= 15 is 8.90 Å². The number of halogens is 1. The predicted molar refractivity (Wildman–Crippen MR) is 241 cm³/mol. The Kier molecular flexibility index (Phi) is 12.8. The molecule has 4 aliphatic heterocycles. The average Bonchev–Trinajstić information content (AvgIpc) is 3.70. The van der Waals surface area contributed by atoms with Gasteiger partial charge in [0.05, 0.1) is 62.9 Å². The van der Waals surface area contributed by atoms with Crippen molar-refractivity contribution < 1.29 is 42.9 Å². The molecule has 334 valence electrons. The zero-order chi connectivity index (χ0) is 44.6. The van der Waals surface area contributed by atoms with Crippen LogP contribution in [0.25, 0.3) is 0 Å². The first kappa shape index (κ1) is 44.5. The second kappa shape index (κ2) is 18.2. The van der Waals surface area contributed by atoms with Crippen molar-refractivity contribution in [3.8, 4) is 11.5 Å². The lowest BCUT2D eigenvalue weighted by molar-refractivity contribution is -0.151. The van der Waals surface area contributed by atoms with Crippen molar-refractivity contribution in [1.29, 1.82) is 0 Å². The summed E-state index contributed by atoms with van der Waals surface area (Å²) in [5.41, 5.74) is 4.24. The minimum atomic E-state index is -3.59. The number of carbonyl (C=O) groups excluding carboxylic acids is 3. The van der Waals surface area contributed by atoms with Gasteiger partial charge in [0.2, 0.25) is 20.2 Å². The molecule has 4 heterocycles. The van der Waals surface area contributed by atoms with Crippen LogP contribution in [-0.4, -0.2) is 92.9 Å². The van der Waals surface area contributed by atoms with Crippen LogP contribution in [0, 0.1) is 5.92 Å². The minimum Gasteiger partial charge on any atom is -0.497 e. The van der Waals surface area contributed by atoms with E-state index in [1.807, 2.05) is 86.6 Å². The number of ether oxygens (including phenoxy) is 3. The zero-order valence-electron chi connectivity index (χ0n) is 36.8. The minimum absolute atomic E-state index is 0.0887. The Morgan fingerprint density at radius 1 is 0.937 bits per heavy atom. The first-order valence-electron chi connectivity index (χ1n) is 22.2. The normalized spacial score (nSPS) is 24.1. The van der Waals surface area contributed by atoms with E-state index in [2.05, 4.69) is 5.32 Å². The van der Waals surface area contributed by atoms with E-state index in [9.17, 15) is 19.8 Å². The highest BCUT2D eigenvalue weighted by molar-refractivity contribution is 6.72. The number of benzene rings is 4. The van der Waals surface area contributed by atoms with Crippen molar-refractivity contribution in [3.63, 3.8) is 0 Å². The molecular formula is C49H59FN4O8Si. The summed E-state index contributed by atoms with van der Waals surface area (Å²) in [7, 11) is -2.04. The fraction of sp³-hybridized carbons (Fsp3) is 0.449. The summed E-state index contributed by atoms with van der Waals surface area (Å²) in [6, 6.07) is 25.8. The quantitative estimate of drug-likeness (QED) is 0.0676. The van der Waals surface area contributed by atoms with Crippen molar-refractivity contribution in [3.05, 3.63) is 113 Å². The van der Waals surface area contributed by atoms with Crippen LogP contribution in [0.5, 0.6) is 11.5 Å². The molecule has 1 unspecified atom stereocenters. The molecule has 8 rings (SSSR count). The highest BCUT2D eigenvalue weighted by Gasteiger charge is 2.67. The van der Waals surface area contributed by atoms with Crippen LogP contribution >= 0.6 is 0 Å². The van der Waals surface area contributed by atoms with Gasteiger partial charge in [-0.3, -0.25) is 19.3 Å². The van der Waals surface area contributed by atoms with E-state index in [4.69, 9.17) is 14.2 Å². The van der Waals surface area contributed by atoms with Gasteiger partial charge in [0.25, 0.3) is 5.91 Å². The van der Waals surface area contributed by atoms with Crippen LogP contribution in [0.15, 0.2) is 84.9 Å². The van der Waals surface area contributed by atoms with Gasteiger partial charge >= 0.3 is 0 Å². The van der Waals surface area contributed by atoms with Gasteiger partial charge in [-0.05, 0) is 123 Å². The third-order valence-electron chi connectivity index (χ3n) is 13.5. The monoisotopic (exact) mass is 878 g/mol. The molecule has 0 aliphatic carbocycles. The Hall–Kier alpha value is -5.12. The highest BCUT2D eigenvalue weighted by Crippen LogP contribution is 2.61. The molecule has 4 aromatic rings. The molecule has 4 aliphatic rings. The van der Waals surface area contributed by atoms with Crippen molar-refractivity contribution in [2.24, 2.45) is 5.92 Å². The van der Waals surface area contributed by atoms with E-state index in [-0.39, 0.29) is 43.9 Å². The molecule has 4 aromatic carbocycles. The van der Waals surface area contributed by atoms with E-state index in [1.165, 1.54) is 0 Å². The lowest BCUT2D eigenvalue weighted by atomic mass is 9.82. The summed E-state index contributed by atoms with van der Waals surface area (Å²) in [6.07, 6.45) is 1.38. The number of fused-ring (bicyclic) bond motifs is 4. The Morgan fingerprint density at radius 3 is 2.37 bits per heavy atom. The number of rotatable bonds is 15. The first-order chi connectivity index (χ1) is 30.3. The molecule has 1 spiro atoms. The largest absolute Gasteiger partial charge is 0.497 e. The summed E-state index contributed by atoms with van der Waals surface area (Å²) < 4.78 is 35.1. The van der Waals surface area contributed by atoms with Crippen LogP contribution in [0.4, 0.5) is 21.2 Å². The number of carbonyl (C=O) groups is 3. The summed E-state index contributed by atoms with van der Waals surface area (Å²) in [6.45, 7) is 8.53. The first-order valence-corrected chi connectivity index (χ1v) is 25.2. The van der Waals surface area contributed by atoms with E-state index in [0.717, 1.165) is 40.1 Å². The molecule has 12 nitrogen and oxygen atoms in total. The number of methoxy groups -OCH3 is 1. The number of aliphatic hydroxyl groups excluding tert-OH is 2. The van der Waals surface area contributed by atoms with Gasteiger partial charge in [0.15, 0.2) is 5.60 Å². The summed E-state index contributed by atoms with van der Waals surface area (Å²) >= 11 is 0. The van der Waals surface area contributed by atoms with Gasteiger partial charge in [-0.25, -0.2) is 0 Å². The molecule has 0 aromatic heterocycles. The van der Waals surface area contributed by atoms with E-state index in [1.54, 1.807) is 47.0 Å². The second-order valence-electron chi connectivity index (χ2n) is 17.8. The fourth-order valence-corrected chi connectivity index (χ4v) is 13.0. The van der Waals surface area contributed by atoms with Crippen LogP contribution in [-0.2, 0) is 50.7 Å². The molecule has 3 amide bonds. The van der Waals surface area contributed by atoms with Crippen LogP contribution < -0.4 is 24.6 Å². The fourth-order valence-electron chi connectivity index (χ4n) is 10.5. The van der Waals surface area contributed by atoms with Gasteiger partial charge in [-0.1, -0.05) is 43.3 Å². The maximum Gasteiger partial charge on any atom is 0.264 e. The number of nitrogens with zero attached hydrogens (tertiary/aromatic N) is 3. The van der Waals surface area contributed by atoms with Gasteiger partial charge in [0, 0.05) is 35.9 Å². The molecule has 63 heavy (non-hydrogen) atoms. The molecule has 14 heteroatoms. The number of hydrogen-bond acceptors (Lipinski definition) is 9. The Labute approximate surface area is 370 Å². The Balaban J connectivity index is 1.08. The van der Waals surface area contributed by atoms with Gasteiger partial charge in [-0.15, -0.1) is 0 Å². The molecule has 3 N–H and O–H groups in total. The number of nitrogens with one attached hydrogen (secondary N) is 1. The SMILES string of the molecule is CCOc1ccc2c(c1)CC(NCCCCO)C(=O)N2c1ccc(CN2C(=O)[C@]3(O[C@H](CC(=O)N4Cc5ccccc5C[C@H]4CO)[C@@H]([Si](C)(C)F)[C@@H]3C)c3cc(OC)ccc32)cc1. The molecular weight excluding hydrogens is 820 g/mol. The lowest BCUT2D eigenvalue weighted by Gasteiger charge is -2.37. The summed E-state index contributed by atoms with van der Waals surface area (Å²) in [5, 5.41) is 23.1. The van der Waals surface area contributed by atoms with Crippen LogP contribution in [0.1, 0.15) is 60.9 Å². The van der Waals surface area contributed by atoms with Gasteiger partial charge < -0.3 is 43.6 Å². The number of hydrogen-bond donors (Lipinski definition) is 3. The van der Waals surface area contributed by atoms with Gasteiger partial charge in [-0.2, -0.15) is 0 Å². The van der Waals surface area contributed by atoms with Crippen molar-refractivity contribution in [2.75, 3.05) is 43.3 Å². The van der Waals surface area contributed by atoms with E-state index in [0.29, 0.717) is 61.6 Å². The molecule has 1 saturated heterocycles. The number of aliphatic hydroxyl groups is 2. The lowest BCUT2D eigenvalue weighted by Crippen LogP contribution is -2.49. The second-order valence-corrected chi connectivity index (χ2v) is 21.6. The third kappa shape index (κ3) is 8.27. The molecule has 1 fully saturated rings. The Morgan fingerprint density at radius 2 is 1.67 bits per heavy atom. The highest BCUT2D eigenvalue weighted by atomic mass is 28.4. The van der Waals surface area contributed by atoms with E-state index < -0.39 is 43.7 Å². The van der Waals surface area contributed by atoms with Gasteiger partial charge in [0.1, 0.15) is 11.5 Å². The molecule has 0 bridgehead atoms. The molecule has 0 radical (unpaired) electrons. The molecule has 0 saturated carbocycles. The Bertz CT molecular complexity index is 2340. The van der Waals surface area contributed by atoms with Crippen molar-refractivity contribution in [1.82, 2.24) is 10.2 Å². The topological polar surface area (TPSA) is 141 Å². The zero-order valence-corrected chi connectivity index (χ0v) is 37.8. The number of amides is 3. The summed E-state index contributed by atoms with van der Waals surface area (Å²) in [5.74, 6) is -0.0360. The number of anilines is 3. The summed E-state index contributed by atoms with van der Waals surface area (Å²) in [4.78, 5) is 48.7. The van der Waals surface area contributed by atoms with Crippen molar-refractivity contribution >= 4 is 43.2 Å². The molecule has 6 atom stereocenters. The van der Waals surface area contributed by atoms with Crippen LogP contribution in [0.2, 0.25) is 18.6 Å². The third-order valence-corrected chi connectivity index (χ3v) is 15.9.